The van der Waals surface area contributed by atoms with Gasteiger partial charge in [-0.2, -0.15) is 9.98 Å². The number of carbonyl (C=O) groups excluding carboxylic acids is 1. The monoisotopic (exact) mass is 438 g/mol. The summed E-state index contributed by atoms with van der Waals surface area (Å²) in [6, 6.07) is 12.5. The molecule has 160 valence electrons. The van der Waals surface area contributed by atoms with E-state index in [-0.39, 0.29) is 5.75 Å². The van der Waals surface area contributed by atoms with E-state index in [0.717, 1.165) is 17.5 Å². The molecule has 0 spiro atoms. The highest BCUT2D eigenvalue weighted by Gasteiger charge is 2.16. The van der Waals surface area contributed by atoms with Gasteiger partial charge in [0.15, 0.2) is 0 Å². The van der Waals surface area contributed by atoms with Crippen molar-refractivity contribution in [3.05, 3.63) is 59.5 Å². The molecule has 0 fully saturated rings. The predicted octanol–water partition coefficient (Wildman–Crippen LogP) is 4.96. The average Bonchev–Trinajstić information content (AvgIpc) is 3.22. The molecule has 1 N–H and O–H groups in total. The summed E-state index contributed by atoms with van der Waals surface area (Å²) in [6.45, 7) is 3.72. The fourth-order valence-electron chi connectivity index (χ4n) is 2.81. The minimum absolute atomic E-state index is 0.114. The van der Waals surface area contributed by atoms with Gasteiger partial charge in [-0.1, -0.05) is 12.1 Å². The third kappa shape index (κ3) is 5.58. The molecule has 2 aromatic carbocycles. The van der Waals surface area contributed by atoms with Crippen molar-refractivity contribution in [2.24, 2.45) is 9.98 Å². The summed E-state index contributed by atoms with van der Waals surface area (Å²) in [5.41, 5.74) is 3.45. The number of methoxy groups -OCH3 is 1. The Bertz CT molecular complexity index is 1140. The van der Waals surface area contributed by atoms with Crippen LogP contribution in [-0.2, 0) is 11.2 Å². The Labute approximate surface area is 184 Å². The zero-order valence-corrected chi connectivity index (χ0v) is 18.4. The van der Waals surface area contributed by atoms with Gasteiger partial charge in [-0.05, 0) is 60.7 Å². The molecule has 0 aliphatic carbocycles. The fraction of sp³-hybridized carbons (Fsp3) is 0.227. The Balaban J connectivity index is 2.09. The highest BCUT2D eigenvalue weighted by atomic mass is 32.2. The number of hydrogen-bond acceptors (Lipinski definition) is 8. The van der Waals surface area contributed by atoms with Gasteiger partial charge in [-0.25, -0.2) is 9.79 Å². The van der Waals surface area contributed by atoms with Crippen LogP contribution >= 0.6 is 11.8 Å². The van der Waals surface area contributed by atoms with Crippen LogP contribution in [0.2, 0.25) is 0 Å². The van der Waals surface area contributed by atoms with Crippen LogP contribution < -0.4 is 0 Å². The van der Waals surface area contributed by atoms with E-state index in [1.54, 1.807) is 37.4 Å². The Hall–Kier alpha value is -3.46. The molecule has 0 atom stereocenters. The van der Waals surface area contributed by atoms with Crippen LogP contribution in [-0.4, -0.2) is 45.5 Å². The highest BCUT2D eigenvalue weighted by Crippen LogP contribution is 2.24. The quantitative estimate of drug-likeness (QED) is 0.443. The number of ether oxygens (including phenoxy) is 1. The minimum Gasteiger partial charge on any atom is -0.508 e. The van der Waals surface area contributed by atoms with Gasteiger partial charge in [-0.15, -0.1) is 11.8 Å². The minimum atomic E-state index is -0.726. The van der Waals surface area contributed by atoms with Crippen LogP contribution in [0, 0.1) is 6.92 Å². The van der Waals surface area contributed by atoms with Gasteiger partial charge in [0.25, 0.3) is 0 Å². The largest absolute Gasteiger partial charge is 0.508 e. The summed E-state index contributed by atoms with van der Waals surface area (Å²) in [5, 5.41) is 14.5. The number of carbonyl (C=O) groups is 1. The molecule has 0 unspecified atom stereocenters. The van der Waals surface area contributed by atoms with Crippen molar-refractivity contribution in [3.8, 4) is 17.1 Å². The van der Waals surface area contributed by atoms with Gasteiger partial charge in [0.2, 0.25) is 11.7 Å². The number of benzene rings is 2. The number of nitrogens with zero attached hydrogens (tertiary/aromatic N) is 4. The molecule has 1 aromatic heterocycles. The van der Waals surface area contributed by atoms with Gasteiger partial charge in [0, 0.05) is 18.1 Å². The van der Waals surface area contributed by atoms with Crippen molar-refractivity contribution >= 4 is 34.3 Å². The molecule has 1 amide bonds. The molecule has 0 aliphatic heterocycles. The maximum absolute atomic E-state index is 11.8. The van der Waals surface area contributed by atoms with Crippen LogP contribution in [0.5, 0.6) is 5.75 Å². The summed E-state index contributed by atoms with van der Waals surface area (Å²) >= 11 is 1.26. The topological polar surface area (TPSA) is 110 Å². The Morgan fingerprint density at radius 3 is 2.55 bits per heavy atom. The molecule has 0 aliphatic rings. The smallest absolute Gasteiger partial charge is 0.434 e. The number of aromatic nitrogens is 2. The maximum Gasteiger partial charge on any atom is 0.434 e. The zero-order chi connectivity index (χ0) is 22.4. The number of hydrogen-bond donors (Lipinski definition) is 1. The zero-order valence-electron chi connectivity index (χ0n) is 17.6. The summed E-state index contributed by atoms with van der Waals surface area (Å²) in [7, 11) is 1.27. The van der Waals surface area contributed by atoms with E-state index in [4.69, 9.17) is 9.52 Å². The molecule has 0 bridgehead atoms. The van der Waals surface area contributed by atoms with Crippen molar-refractivity contribution in [1.82, 2.24) is 10.1 Å². The number of phenols is 1. The maximum atomic E-state index is 11.8. The first kappa shape index (κ1) is 22.2. The second kappa shape index (κ2) is 10.0. The predicted molar refractivity (Wildman–Crippen MR) is 122 cm³/mol. The van der Waals surface area contributed by atoms with Crippen molar-refractivity contribution in [2.75, 3.05) is 13.4 Å². The summed E-state index contributed by atoms with van der Waals surface area (Å²) in [4.78, 5) is 24.8. The number of amides is 1. The average molecular weight is 439 g/mol. The van der Waals surface area contributed by atoms with Crippen molar-refractivity contribution in [3.63, 3.8) is 0 Å². The highest BCUT2D eigenvalue weighted by molar-refractivity contribution is 8.15. The third-order valence-corrected chi connectivity index (χ3v) is 4.99. The van der Waals surface area contributed by atoms with Crippen molar-refractivity contribution in [2.45, 2.75) is 20.3 Å². The Morgan fingerprint density at radius 1 is 1.23 bits per heavy atom. The lowest BCUT2D eigenvalue weighted by Crippen LogP contribution is -2.14. The van der Waals surface area contributed by atoms with Crippen LogP contribution in [0.1, 0.15) is 23.9 Å². The lowest BCUT2D eigenvalue weighted by molar-refractivity contribution is 0.183. The lowest BCUT2D eigenvalue weighted by Gasteiger charge is -2.11. The molecule has 1 heterocycles. The molecule has 31 heavy (non-hydrogen) atoms. The summed E-state index contributed by atoms with van der Waals surface area (Å²) in [5.74, 6) is 1.09. The molecule has 0 saturated carbocycles. The van der Waals surface area contributed by atoms with Crippen molar-refractivity contribution < 1.29 is 19.2 Å². The second-order valence-electron chi connectivity index (χ2n) is 6.48. The summed E-state index contributed by atoms with van der Waals surface area (Å²) < 4.78 is 9.71. The van der Waals surface area contributed by atoms with Gasteiger partial charge >= 0.3 is 6.09 Å². The number of aliphatic imine (C=N–C) groups is 2. The Morgan fingerprint density at radius 2 is 1.97 bits per heavy atom. The first-order valence-electron chi connectivity index (χ1n) is 9.47. The van der Waals surface area contributed by atoms with E-state index < -0.39 is 6.09 Å². The molecule has 9 heteroatoms. The molecule has 8 nitrogen and oxygen atoms in total. The number of thioether (sulfide) groups is 1. The van der Waals surface area contributed by atoms with Crippen LogP contribution in [0.4, 0.5) is 10.5 Å². The second-order valence-corrected chi connectivity index (χ2v) is 7.27. The lowest BCUT2D eigenvalue weighted by atomic mass is 10.0. The number of rotatable bonds is 5. The van der Waals surface area contributed by atoms with Gasteiger partial charge < -0.3 is 14.4 Å². The van der Waals surface area contributed by atoms with Gasteiger partial charge in [-0.3, -0.25) is 0 Å². The SMILES string of the molecule is CCc1cc(O)cc(C(=N/c2ccc(-c3noc(C)n3)cc2)/C(=N/C(=O)OC)SC)c1. The Kier molecular flexibility index (Phi) is 7.19. The van der Waals surface area contributed by atoms with E-state index in [1.165, 1.54) is 18.9 Å². The standard InChI is InChI=1S/C22H22N4O4S/c1-5-14-10-16(12-18(27)11-14)19(21(31-4)25-22(28)29-3)24-17-8-6-15(7-9-17)20-23-13(2)30-26-20/h6-12,27H,5H2,1-4H3/b24-19-,25-21-. The number of aromatic hydroxyl groups is 1. The van der Waals surface area contributed by atoms with Gasteiger partial charge in [0.1, 0.15) is 16.5 Å². The number of aryl methyl sites for hydroxylation is 2. The van der Waals surface area contributed by atoms with E-state index in [2.05, 4.69) is 19.9 Å². The van der Waals surface area contributed by atoms with Crippen molar-refractivity contribution in [1.29, 1.82) is 0 Å². The van der Waals surface area contributed by atoms with E-state index in [0.29, 0.717) is 33.7 Å². The van der Waals surface area contributed by atoms with Gasteiger partial charge in [0.05, 0.1) is 12.8 Å². The van der Waals surface area contributed by atoms with E-state index in [9.17, 15) is 9.90 Å². The molecule has 3 rings (SSSR count). The first-order chi connectivity index (χ1) is 14.9. The number of phenolic OH excluding ortho intramolecular Hbond substituents is 1. The molecule has 0 radical (unpaired) electrons. The fourth-order valence-corrected chi connectivity index (χ4v) is 3.33. The molecular formula is C22H22N4O4S. The van der Waals surface area contributed by atoms with Crippen LogP contribution in [0.25, 0.3) is 11.4 Å². The van der Waals surface area contributed by atoms with Crippen LogP contribution in [0.3, 0.4) is 0 Å². The van der Waals surface area contributed by atoms with E-state index in [1.807, 2.05) is 25.1 Å². The normalized spacial score (nSPS) is 12.1. The first-order valence-corrected chi connectivity index (χ1v) is 10.7. The molecule has 3 aromatic rings. The van der Waals surface area contributed by atoms with Crippen LogP contribution in [0.15, 0.2) is 57.0 Å². The van der Waals surface area contributed by atoms with E-state index >= 15 is 0 Å². The summed E-state index contributed by atoms with van der Waals surface area (Å²) in [6.07, 6.45) is 1.80. The molecule has 0 saturated heterocycles. The molecular weight excluding hydrogens is 416 g/mol. The third-order valence-electron chi connectivity index (χ3n) is 4.32.